The van der Waals surface area contributed by atoms with Crippen molar-refractivity contribution in [2.45, 2.75) is 13.3 Å². The molecule has 1 saturated heterocycles. The molecular formula is C5H10N2O. The van der Waals surface area contributed by atoms with Gasteiger partial charge in [-0.15, -0.1) is 0 Å². The largest absolute Gasteiger partial charge is 0.280 e. The number of carbonyl (C=O) groups excluding carboxylic acids is 1. The Morgan fingerprint density at radius 1 is 1.88 bits per heavy atom. The molecule has 3 nitrogen and oxygen atoms in total. The van der Waals surface area contributed by atoms with Gasteiger partial charge >= 0.3 is 0 Å². The number of hydrazine groups is 1. The average molecular weight is 114 g/mol. The van der Waals surface area contributed by atoms with E-state index < -0.39 is 0 Å². The molecule has 2 N–H and O–H groups in total. The van der Waals surface area contributed by atoms with Gasteiger partial charge in [0.1, 0.15) is 0 Å². The van der Waals surface area contributed by atoms with Gasteiger partial charge in [-0.2, -0.15) is 0 Å². The second-order valence-corrected chi connectivity index (χ2v) is 2.22. The van der Waals surface area contributed by atoms with Gasteiger partial charge in [-0.25, -0.2) is 5.84 Å². The second-order valence-electron chi connectivity index (χ2n) is 2.22. The molecule has 0 aromatic heterocycles. The van der Waals surface area contributed by atoms with E-state index in [1.807, 2.05) is 6.92 Å². The molecule has 1 aliphatic heterocycles. The van der Waals surface area contributed by atoms with Gasteiger partial charge in [0, 0.05) is 12.5 Å². The minimum atomic E-state index is 0.0741. The Bertz CT molecular complexity index is 101. The van der Waals surface area contributed by atoms with Crippen LogP contribution in [0.1, 0.15) is 13.3 Å². The van der Waals surface area contributed by atoms with Crippen LogP contribution in [0.5, 0.6) is 0 Å². The Morgan fingerprint density at radius 3 is 2.62 bits per heavy atom. The van der Waals surface area contributed by atoms with Gasteiger partial charge in [0.05, 0.1) is 0 Å². The van der Waals surface area contributed by atoms with Crippen molar-refractivity contribution in [3.63, 3.8) is 0 Å². The molecule has 1 unspecified atom stereocenters. The third-order valence-corrected chi connectivity index (χ3v) is 1.51. The minimum absolute atomic E-state index is 0.0741. The van der Waals surface area contributed by atoms with Crippen LogP contribution in [0.3, 0.4) is 0 Å². The zero-order valence-electron chi connectivity index (χ0n) is 4.92. The van der Waals surface area contributed by atoms with Crippen molar-refractivity contribution >= 4 is 5.91 Å². The van der Waals surface area contributed by atoms with E-state index in [0.717, 1.165) is 13.0 Å². The highest BCUT2D eigenvalue weighted by Gasteiger charge is 2.24. The number of rotatable bonds is 0. The fraction of sp³-hybridized carbons (Fsp3) is 0.800. The number of nitrogens with two attached hydrogens (primary N) is 1. The van der Waals surface area contributed by atoms with Gasteiger partial charge in [0.25, 0.3) is 0 Å². The molecule has 8 heavy (non-hydrogen) atoms. The molecule has 1 atom stereocenters. The van der Waals surface area contributed by atoms with Crippen molar-refractivity contribution in [1.82, 2.24) is 5.01 Å². The van der Waals surface area contributed by atoms with Crippen LogP contribution >= 0.6 is 0 Å². The second kappa shape index (κ2) is 1.74. The lowest BCUT2D eigenvalue weighted by atomic mass is 10.1. The summed E-state index contributed by atoms with van der Waals surface area (Å²) < 4.78 is 0. The Balaban J connectivity index is 2.57. The van der Waals surface area contributed by atoms with Crippen LogP contribution in [0.15, 0.2) is 0 Å². The summed E-state index contributed by atoms with van der Waals surface area (Å²) in [5.41, 5.74) is 0. The quantitative estimate of drug-likeness (QED) is 0.348. The van der Waals surface area contributed by atoms with Gasteiger partial charge in [0.2, 0.25) is 5.91 Å². The summed E-state index contributed by atoms with van der Waals surface area (Å²) >= 11 is 0. The molecule has 0 aromatic rings. The summed E-state index contributed by atoms with van der Waals surface area (Å²) in [6.07, 6.45) is 0.912. The molecule has 0 saturated carbocycles. The molecule has 0 radical (unpaired) electrons. The van der Waals surface area contributed by atoms with Gasteiger partial charge < -0.3 is 0 Å². The van der Waals surface area contributed by atoms with Crippen LogP contribution < -0.4 is 5.84 Å². The Hall–Kier alpha value is -0.570. The number of amides is 1. The predicted octanol–water partition coefficient (Wildman–Crippen LogP) is -0.271. The maximum atomic E-state index is 10.7. The van der Waals surface area contributed by atoms with Crippen molar-refractivity contribution in [3.8, 4) is 0 Å². The monoisotopic (exact) mass is 114 g/mol. The molecule has 0 bridgehead atoms. The summed E-state index contributed by atoms with van der Waals surface area (Å²) in [4.78, 5) is 10.7. The first-order valence-electron chi connectivity index (χ1n) is 2.78. The van der Waals surface area contributed by atoms with Crippen molar-refractivity contribution in [3.05, 3.63) is 0 Å². The van der Waals surface area contributed by atoms with E-state index in [0.29, 0.717) is 0 Å². The lowest BCUT2D eigenvalue weighted by Gasteiger charge is -2.04. The normalized spacial score (nSPS) is 29.5. The van der Waals surface area contributed by atoms with Gasteiger partial charge in [-0.3, -0.25) is 9.80 Å². The molecule has 1 heterocycles. The lowest BCUT2D eigenvalue weighted by Crippen LogP contribution is -2.33. The van der Waals surface area contributed by atoms with Crippen molar-refractivity contribution in [1.29, 1.82) is 0 Å². The summed E-state index contributed by atoms with van der Waals surface area (Å²) in [5.74, 6) is 5.48. The molecule has 0 spiro atoms. The number of carbonyl (C=O) groups is 1. The van der Waals surface area contributed by atoms with E-state index >= 15 is 0 Å². The maximum Gasteiger partial charge on any atom is 0.239 e. The van der Waals surface area contributed by atoms with Crippen LogP contribution in [-0.4, -0.2) is 17.5 Å². The van der Waals surface area contributed by atoms with Crippen LogP contribution in [0.25, 0.3) is 0 Å². The molecule has 1 aliphatic rings. The van der Waals surface area contributed by atoms with Crippen LogP contribution in [0, 0.1) is 5.92 Å². The standard InChI is InChI=1S/C5H10N2O/c1-4-2-3-7(6)5(4)8/h4H,2-3,6H2,1H3. The van der Waals surface area contributed by atoms with E-state index in [1.54, 1.807) is 0 Å². The zero-order valence-corrected chi connectivity index (χ0v) is 4.92. The smallest absolute Gasteiger partial charge is 0.239 e. The Kier molecular flexibility index (Phi) is 1.21. The van der Waals surface area contributed by atoms with E-state index in [9.17, 15) is 4.79 Å². The van der Waals surface area contributed by atoms with Crippen LogP contribution in [-0.2, 0) is 4.79 Å². The summed E-state index contributed by atoms with van der Waals surface area (Å²) in [6, 6.07) is 0. The number of nitrogens with zero attached hydrogens (tertiary/aromatic N) is 1. The summed E-state index contributed by atoms with van der Waals surface area (Å²) in [7, 11) is 0. The fourth-order valence-corrected chi connectivity index (χ4v) is 0.849. The first-order chi connectivity index (χ1) is 3.72. The van der Waals surface area contributed by atoms with Crippen molar-refractivity contribution < 1.29 is 4.79 Å². The van der Waals surface area contributed by atoms with Crippen molar-refractivity contribution in [2.24, 2.45) is 11.8 Å². The average Bonchev–Trinajstić information content (AvgIpc) is 1.98. The minimum Gasteiger partial charge on any atom is -0.280 e. The molecule has 1 fully saturated rings. The van der Waals surface area contributed by atoms with E-state index in [2.05, 4.69) is 0 Å². The number of hydrogen-bond acceptors (Lipinski definition) is 2. The molecular weight excluding hydrogens is 104 g/mol. The topological polar surface area (TPSA) is 46.3 Å². The zero-order chi connectivity index (χ0) is 6.15. The molecule has 46 valence electrons. The van der Waals surface area contributed by atoms with Gasteiger partial charge in [0.15, 0.2) is 0 Å². The molecule has 1 rings (SSSR count). The molecule has 3 heteroatoms. The summed E-state index contributed by atoms with van der Waals surface area (Å²) in [5, 5.41) is 1.28. The highest BCUT2D eigenvalue weighted by Crippen LogP contribution is 2.12. The number of hydrogen-bond donors (Lipinski definition) is 1. The first kappa shape index (κ1) is 5.56. The third-order valence-electron chi connectivity index (χ3n) is 1.51. The predicted molar refractivity (Wildman–Crippen MR) is 29.7 cm³/mol. The van der Waals surface area contributed by atoms with Gasteiger partial charge in [-0.1, -0.05) is 6.92 Å². The highest BCUT2D eigenvalue weighted by atomic mass is 16.2. The Morgan fingerprint density at radius 2 is 2.50 bits per heavy atom. The van der Waals surface area contributed by atoms with Gasteiger partial charge in [-0.05, 0) is 6.42 Å². The Labute approximate surface area is 48.4 Å². The van der Waals surface area contributed by atoms with E-state index in [1.165, 1.54) is 5.01 Å². The van der Waals surface area contributed by atoms with Crippen LogP contribution in [0.2, 0.25) is 0 Å². The molecule has 0 aromatic carbocycles. The summed E-state index contributed by atoms with van der Waals surface area (Å²) in [6.45, 7) is 2.62. The van der Waals surface area contributed by atoms with Crippen LogP contribution in [0.4, 0.5) is 0 Å². The molecule has 0 aliphatic carbocycles. The third kappa shape index (κ3) is 0.690. The van der Waals surface area contributed by atoms with E-state index in [-0.39, 0.29) is 11.8 Å². The fourth-order valence-electron chi connectivity index (χ4n) is 0.849. The maximum absolute atomic E-state index is 10.7. The van der Waals surface area contributed by atoms with Crippen molar-refractivity contribution in [2.75, 3.05) is 6.54 Å². The highest BCUT2D eigenvalue weighted by molar-refractivity contribution is 5.79. The SMILES string of the molecule is CC1CCN(N)C1=O. The molecule has 1 amide bonds. The van der Waals surface area contributed by atoms with E-state index in [4.69, 9.17) is 5.84 Å². The first-order valence-corrected chi connectivity index (χ1v) is 2.78. The lowest BCUT2D eigenvalue weighted by molar-refractivity contribution is -0.130.